The van der Waals surface area contributed by atoms with Crippen molar-refractivity contribution in [1.29, 1.82) is 0 Å². The van der Waals surface area contributed by atoms with E-state index < -0.39 is 0 Å². The van der Waals surface area contributed by atoms with E-state index in [1.807, 2.05) is 33.8 Å². The molecule has 142 valence electrons. The average molecular weight is 368 g/mol. The van der Waals surface area contributed by atoms with Crippen molar-refractivity contribution in [1.82, 2.24) is 19.3 Å². The maximum Gasteiger partial charge on any atom is 0.295 e. The zero-order chi connectivity index (χ0) is 19.7. The maximum absolute atomic E-state index is 13.0. The van der Waals surface area contributed by atoms with E-state index >= 15 is 0 Å². The number of carbonyl (C=O) groups is 1. The number of nitrogens with one attached hydrogen (secondary N) is 1. The van der Waals surface area contributed by atoms with Crippen molar-refractivity contribution in [2.75, 3.05) is 0 Å². The van der Waals surface area contributed by atoms with Gasteiger partial charge in [-0.05, 0) is 33.3 Å². The molecule has 0 saturated carbocycles. The highest BCUT2D eigenvalue weighted by atomic mass is 16.3. The van der Waals surface area contributed by atoms with E-state index in [2.05, 4.69) is 16.9 Å². The summed E-state index contributed by atoms with van der Waals surface area (Å²) in [6.45, 7) is 11.7. The highest BCUT2D eigenvalue weighted by Gasteiger charge is 2.19. The first kappa shape index (κ1) is 18.7. The van der Waals surface area contributed by atoms with E-state index in [1.165, 1.54) is 0 Å². The number of furan rings is 1. The van der Waals surface area contributed by atoms with Crippen LogP contribution in [0.15, 0.2) is 40.3 Å². The third-order valence-electron chi connectivity index (χ3n) is 4.57. The van der Waals surface area contributed by atoms with Crippen LogP contribution in [0.2, 0.25) is 0 Å². The molecule has 3 aromatic heterocycles. The second-order valence-corrected chi connectivity index (χ2v) is 6.69. The highest BCUT2D eigenvalue weighted by molar-refractivity contribution is 5.93. The molecule has 3 aromatic rings. The van der Waals surface area contributed by atoms with Gasteiger partial charge in [-0.15, -0.1) is 6.58 Å². The molecule has 3 heterocycles. The van der Waals surface area contributed by atoms with Gasteiger partial charge in [0.15, 0.2) is 0 Å². The zero-order valence-corrected chi connectivity index (χ0v) is 16.1. The van der Waals surface area contributed by atoms with Crippen molar-refractivity contribution in [2.24, 2.45) is 0 Å². The molecule has 27 heavy (non-hydrogen) atoms. The molecule has 0 bridgehead atoms. The summed E-state index contributed by atoms with van der Waals surface area (Å²) in [4.78, 5) is 29.7. The Morgan fingerprint density at radius 2 is 2.15 bits per heavy atom. The lowest BCUT2D eigenvalue weighted by atomic mass is 10.2. The Labute approximate surface area is 157 Å². The van der Waals surface area contributed by atoms with E-state index in [9.17, 15) is 9.59 Å². The number of fused-ring (bicyclic) bond motifs is 1. The molecule has 7 nitrogen and oxygen atoms in total. The number of carbonyl (C=O) groups excluding carboxylic acids is 1. The van der Waals surface area contributed by atoms with Crippen molar-refractivity contribution < 1.29 is 9.21 Å². The number of aryl methyl sites for hydroxylation is 2. The first-order valence-corrected chi connectivity index (χ1v) is 8.97. The number of aromatic nitrogens is 3. The molecule has 0 aromatic carbocycles. The summed E-state index contributed by atoms with van der Waals surface area (Å²) in [7, 11) is 0. The smallest absolute Gasteiger partial charge is 0.295 e. The summed E-state index contributed by atoms with van der Waals surface area (Å²) in [5, 5.41) is 2.87. The third kappa shape index (κ3) is 3.45. The summed E-state index contributed by atoms with van der Waals surface area (Å²) in [6.07, 6.45) is 5.85. The van der Waals surface area contributed by atoms with Crippen molar-refractivity contribution in [3.05, 3.63) is 58.7 Å². The van der Waals surface area contributed by atoms with Gasteiger partial charge in [0.2, 0.25) is 5.65 Å². The lowest BCUT2D eigenvalue weighted by Gasteiger charge is -2.11. The summed E-state index contributed by atoms with van der Waals surface area (Å²) in [5.74, 6) is 1.19. The first-order chi connectivity index (χ1) is 12.8. The standard InChI is InChI=1S/C20H24N4O3/c1-6-8-24-17(15-9-13(4)27-14(15)5)11-23-10-16(22-18(23)20(24)26)19(25)21-12(3)7-2/h6,9-12H,1,7-8H2,2-5H3,(H,21,25)/t12-/m0/s1. The van der Waals surface area contributed by atoms with Gasteiger partial charge in [-0.3, -0.25) is 18.6 Å². The number of allylic oxidation sites excluding steroid dienone is 1. The van der Waals surface area contributed by atoms with Crippen LogP contribution in [0, 0.1) is 13.8 Å². The molecule has 0 spiro atoms. The van der Waals surface area contributed by atoms with Crippen LogP contribution in [0.5, 0.6) is 0 Å². The minimum Gasteiger partial charge on any atom is -0.466 e. The van der Waals surface area contributed by atoms with Crippen molar-refractivity contribution in [3.63, 3.8) is 0 Å². The number of amides is 1. The van der Waals surface area contributed by atoms with Crippen LogP contribution in [-0.4, -0.2) is 25.9 Å². The molecule has 0 aliphatic rings. The number of nitrogens with zero attached hydrogens (tertiary/aromatic N) is 3. The van der Waals surface area contributed by atoms with Gasteiger partial charge in [0.25, 0.3) is 11.5 Å². The molecule has 0 radical (unpaired) electrons. The summed E-state index contributed by atoms with van der Waals surface area (Å²) < 4.78 is 8.81. The second kappa shape index (κ2) is 7.26. The largest absolute Gasteiger partial charge is 0.466 e. The molecule has 0 fully saturated rings. The van der Waals surface area contributed by atoms with Gasteiger partial charge in [0, 0.05) is 30.5 Å². The quantitative estimate of drug-likeness (QED) is 0.678. The predicted octanol–water partition coefficient (Wildman–Crippen LogP) is 3.09. The van der Waals surface area contributed by atoms with Gasteiger partial charge in [-0.1, -0.05) is 13.0 Å². The minimum absolute atomic E-state index is 0.0341. The van der Waals surface area contributed by atoms with E-state index in [4.69, 9.17) is 4.42 Å². The van der Waals surface area contributed by atoms with Gasteiger partial charge < -0.3 is 9.73 Å². The normalized spacial score (nSPS) is 12.3. The van der Waals surface area contributed by atoms with Crippen LogP contribution in [0.25, 0.3) is 16.9 Å². The topological polar surface area (TPSA) is 81.5 Å². The van der Waals surface area contributed by atoms with Crippen LogP contribution < -0.4 is 10.9 Å². The van der Waals surface area contributed by atoms with Crippen molar-refractivity contribution >= 4 is 11.6 Å². The number of hydrogen-bond donors (Lipinski definition) is 1. The molecule has 0 saturated heterocycles. The third-order valence-corrected chi connectivity index (χ3v) is 4.57. The predicted molar refractivity (Wildman–Crippen MR) is 104 cm³/mol. The Kier molecular flexibility index (Phi) is 5.03. The van der Waals surface area contributed by atoms with Gasteiger partial charge in [0.05, 0.1) is 5.69 Å². The van der Waals surface area contributed by atoms with Crippen LogP contribution >= 0.6 is 0 Å². The summed E-state index contributed by atoms with van der Waals surface area (Å²) >= 11 is 0. The second-order valence-electron chi connectivity index (χ2n) is 6.69. The van der Waals surface area contributed by atoms with Crippen molar-refractivity contribution in [3.8, 4) is 11.3 Å². The minimum atomic E-state index is -0.292. The van der Waals surface area contributed by atoms with Gasteiger partial charge in [-0.25, -0.2) is 4.98 Å². The molecule has 3 rings (SSSR count). The molecule has 0 unspecified atom stereocenters. The maximum atomic E-state index is 13.0. The Bertz CT molecular complexity index is 1070. The fourth-order valence-corrected chi connectivity index (χ4v) is 3.00. The molecule has 1 amide bonds. The lowest BCUT2D eigenvalue weighted by molar-refractivity contribution is 0.0935. The van der Waals surface area contributed by atoms with Crippen LogP contribution in [0.4, 0.5) is 0 Å². The Hall–Kier alpha value is -3.09. The molecule has 0 aliphatic heterocycles. The summed E-state index contributed by atoms with van der Waals surface area (Å²) in [6, 6.07) is 1.93. The van der Waals surface area contributed by atoms with E-state index in [0.717, 1.165) is 23.5 Å². The Morgan fingerprint density at radius 3 is 2.74 bits per heavy atom. The Morgan fingerprint density at radius 1 is 1.41 bits per heavy atom. The van der Waals surface area contributed by atoms with Gasteiger partial charge in [-0.2, -0.15) is 0 Å². The number of rotatable bonds is 6. The van der Waals surface area contributed by atoms with Gasteiger partial charge >= 0.3 is 0 Å². The van der Waals surface area contributed by atoms with Gasteiger partial charge in [0.1, 0.15) is 17.2 Å². The van der Waals surface area contributed by atoms with Crippen LogP contribution in [0.3, 0.4) is 0 Å². The first-order valence-electron chi connectivity index (χ1n) is 8.97. The van der Waals surface area contributed by atoms with Crippen molar-refractivity contribution in [2.45, 2.75) is 46.7 Å². The van der Waals surface area contributed by atoms with E-state index in [-0.39, 0.29) is 28.8 Å². The van der Waals surface area contributed by atoms with Crippen LogP contribution in [-0.2, 0) is 6.54 Å². The molecular formula is C20H24N4O3. The molecule has 1 N–H and O–H groups in total. The zero-order valence-electron chi connectivity index (χ0n) is 16.1. The van der Waals surface area contributed by atoms with E-state index in [1.54, 1.807) is 27.4 Å². The molecular weight excluding hydrogens is 344 g/mol. The SMILES string of the molecule is C=CCn1c(-c2cc(C)oc2C)cn2cc(C(=O)N[C@@H](C)CC)nc2c1=O. The fourth-order valence-electron chi connectivity index (χ4n) is 3.00. The summed E-state index contributed by atoms with van der Waals surface area (Å²) in [5.41, 5.74) is 1.65. The average Bonchev–Trinajstić information content (AvgIpc) is 3.20. The monoisotopic (exact) mass is 368 g/mol. The molecule has 7 heteroatoms. The lowest BCUT2D eigenvalue weighted by Crippen LogP contribution is -2.32. The Balaban J connectivity index is 2.18. The fraction of sp³-hybridized carbons (Fsp3) is 0.350. The number of hydrogen-bond acceptors (Lipinski definition) is 4. The molecule has 1 atom stereocenters. The molecule has 0 aliphatic carbocycles. The highest BCUT2D eigenvalue weighted by Crippen LogP contribution is 2.26. The van der Waals surface area contributed by atoms with Crippen LogP contribution in [0.1, 0.15) is 42.3 Å². The number of imidazole rings is 1. The van der Waals surface area contributed by atoms with E-state index in [0.29, 0.717) is 12.2 Å².